The quantitative estimate of drug-likeness (QED) is 0.509. The van der Waals surface area contributed by atoms with Crippen LogP contribution in [0.2, 0.25) is 0 Å². The molecule has 1 N–H and O–H groups in total. The minimum atomic E-state index is -3.61. The predicted molar refractivity (Wildman–Crippen MR) is 128 cm³/mol. The van der Waals surface area contributed by atoms with Crippen LogP contribution in [-0.4, -0.2) is 57.1 Å². The minimum absolute atomic E-state index is 0.0677. The van der Waals surface area contributed by atoms with Gasteiger partial charge in [-0.3, -0.25) is 13.9 Å². The maximum atomic E-state index is 13.2. The van der Waals surface area contributed by atoms with Gasteiger partial charge in [0.2, 0.25) is 21.8 Å². The molecule has 2 aromatic carbocycles. The third-order valence-electron chi connectivity index (χ3n) is 5.27. The lowest BCUT2D eigenvalue weighted by Gasteiger charge is -2.29. The van der Waals surface area contributed by atoms with Crippen molar-refractivity contribution in [1.29, 1.82) is 0 Å². The molecule has 1 atom stereocenters. The molecule has 0 aliphatic heterocycles. The second-order valence-corrected chi connectivity index (χ2v) is 9.72. The molecule has 1 unspecified atom stereocenters. The first-order chi connectivity index (χ1) is 15.6. The highest BCUT2D eigenvalue weighted by atomic mass is 32.2. The molecule has 0 saturated carbocycles. The van der Waals surface area contributed by atoms with Gasteiger partial charge >= 0.3 is 0 Å². The minimum Gasteiger partial charge on any atom is -0.355 e. The van der Waals surface area contributed by atoms with Crippen molar-refractivity contribution >= 4 is 27.5 Å². The summed E-state index contributed by atoms with van der Waals surface area (Å²) in [5, 5.41) is 2.75. The summed E-state index contributed by atoms with van der Waals surface area (Å²) in [5.41, 5.74) is 1.39. The largest absolute Gasteiger partial charge is 0.355 e. The highest BCUT2D eigenvalue weighted by Crippen LogP contribution is 2.19. The van der Waals surface area contributed by atoms with Crippen molar-refractivity contribution < 1.29 is 22.4 Å². The summed E-state index contributed by atoms with van der Waals surface area (Å²) in [6.07, 6.45) is 2.00. The van der Waals surface area contributed by atoms with Gasteiger partial charge in [0.1, 0.15) is 11.9 Å². The fraction of sp³-hybridized carbons (Fsp3) is 0.417. The monoisotopic (exact) mass is 477 g/mol. The normalized spacial score (nSPS) is 12.1. The summed E-state index contributed by atoms with van der Waals surface area (Å²) in [6.45, 7) is 4.41. The number of carbonyl (C=O) groups excluding carboxylic acids is 2. The third kappa shape index (κ3) is 8.16. The van der Waals surface area contributed by atoms with E-state index in [1.165, 1.54) is 24.3 Å². The molecule has 2 aromatic rings. The molecule has 0 heterocycles. The van der Waals surface area contributed by atoms with Crippen LogP contribution in [0.3, 0.4) is 0 Å². The zero-order chi connectivity index (χ0) is 24.4. The molecule has 0 aliphatic rings. The van der Waals surface area contributed by atoms with E-state index >= 15 is 0 Å². The highest BCUT2D eigenvalue weighted by molar-refractivity contribution is 7.92. The van der Waals surface area contributed by atoms with Gasteiger partial charge in [-0.05, 0) is 56.5 Å². The molecular formula is C24H32FN3O4S. The van der Waals surface area contributed by atoms with Crippen molar-refractivity contribution in [2.45, 2.75) is 39.2 Å². The van der Waals surface area contributed by atoms with E-state index in [9.17, 15) is 22.4 Å². The third-order valence-corrected chi connectivity index (χ3v) is 6.46. The van der Waals surface area contributed by atoms with Crippen LogP contribution in [0.4, 0.5) is 10.1 Å². The molecule has 2 amide bonds. The number of hydrogen-bond acceptors (Lipinski definition) is 4. The van der Waals surface area contributed by atoms with Crippen LogP contribution in [0.5, 0.6) is 0 Å². The molecule has 0 radical (unpaired) electrons. The van der Waals surface area contributed by atoms with E-state index in [1.807, 2.05) is 37.3 Å². The fourth-order valence-electron chi connectivity index (χ4n) is 3.50. The lowest BCUT2D eigenvalue weighted by atomic mass is 10.1. The lowest BCUT2D eigenvalue weighted by molar-refractivity contribution is -0.139. The summed E-state index contributed by atoms with van der Waals surface area (Å²) < 4.78 is 38.9. The van der Waals surface area contributed by atoms with Gasteiger partial charge in [0.15, 0.2) is 0 Å². The first kappa shape index (κ1) is 26.3. The highest BCUT2D eigenvalue weighted by Gasteiger charge is 2.26. The van der Waals surface area contributed by atoms with Gasteiger partial charge in [-0.15, -0.1) is 0 Å². The number of anilines is 1. The van der Waals surface area contributed by atoms with Gasteiger partial charge in [0.25, 0.3) is 0 Å². The zero-order valence-corrected chi connectivity index (χ0v) is 20.1. The van der Waals surface area contributed by atoms with E-state index in [2.05, 4.69) is 5.32 Å². The number of halogens is 1. The fourth-order valence-corrected chi connectivity index (χ4v) is 4.47. The summed E-state index contributed by atoms with van der Waals surface area (Å²) in [5.74, 6) is -0.920. The molecule has 0 aliphatic carbocycles. The Morgan fingerprint density at radius 1 is 1.03 bits per heavy atom. The second kappa shape index (κ2) is 12.3. The molecule has 180 valence electrons. The molecule has 9 heteroatoms. The maximum Gasteiger partial charge on any atom is 0.242 e. The van der Waals surface area contributed by atoms with E-state index < -0.39 is 21.9 Å². The Labute approximate surface area is 195 Å². The van der Waals surface area contributed by atoms with E-state index in [4.69, 9.17) is 0 Å². The van der Waals surface area contributed by atoms with Crippen LogP contribution in [0.25, 0.3) is 0 Å². The Bertz CT molecular complexity index is 1010. The number of hydrogen-bond donors (Lipinski definition) is 1. The van der Waals surface area contributed by atoms with E-state index in [1.54, 1.807) is 11.8 Å². The van der Waals surface area contributed by atoms with Gasteiger partial charge in [-0.2, -0.15) is 0 Å². The van der Waals surface area contributed by atoms with E-state index in [-0.39, 0.29) is 31.2 Å². The Morgan fingerprint density at radius 2 is 1.67 bits per heavy atom. The Kier molecular flexibility index (Phi) is 9.84. The van der Waals surface area contributed by atoms with Gasteiger partial charge in [0, 0.05) is 26.1 Å². The number of nitrogens with one attached hydrogen (secondary N) is 1. The van der Waals surface area contributed by atoms with E-state index in [0.29, 0.717) is 25.2 Å². The van der Waals surface area contributed by atoms with E-state index in [0.717, 1.165) is 16.1 Å². The number of carbonyl (C=O) groups is 2. The Hall–Kier alpha value is -2.94. The van der Waals surface area contributed by atoms with Crippen LogP contribution in [0.1, 0.15) is 32.3 Å². The van der Waals surface area contributed by atoms with Crippen molar-refractivity contribution in [3.05, 3.63) is 66.0 Å². The van der Waals surface area contributed by atoms with Crippen LogP contribution < -0.4 is 9.62 Å². The Balaban J connectivity index is 2.07. The average molecular weight is 478 g/mol. The van der Waals surface area contributed by atoms with Crippen molar-refractivity contribution in [2.75, 3.05) is 30.2 Å². The van der Waals surface area contributed by atoms with Crippen LogP contribution in [0, 0.1) is 5.82 Å². The topological polar surface area (TPSA) is 86.8 Å². The summed E-state index contributed by atoms with van der Waals surface area (Å²) in [6, 6.07) is 14.2. The summed E-state index contributed by atoms with van der Waals surface area (Å²) in [4.78, 5) is 27.0. The first-order valence-corrected chi connectivity index (χ1v) is 12.8. The van der Waals surface area contributed by atoms with Crippen LogP contribution in [-0.2, 0) is 26.0 Å². The standard InChI is InChI=1S/C24H32FN3O4S/c1-4-26-24(30)19(2)27(18-16-20-9-6-5-7-10-20)23(29)11-8-17-28(33(3,31)32)22-14-12-21(25)13-15-22/h5-7,9-10,12-15,19H,4,8,11,16-18H2,1-3H3,(H,26,30). The molecule has 2 rings (SSSR count). The number of amides is 2. The molecule has 0 aromatic heterocycles. The number of nitrogens with zero attached hydrogens (tertiary/aromatic N) is 2. The molecule has 0 saturated heterocycles. The maximum absolute atomic E-state index is 13.2. The Morgan fingerprint density at radius 3 is 2.24 bits per heavy atom. The van der Waals surface area contributed by atoms with Crippen molar-refractivity contribution in [1.82, 2.24) is 10.2 Å². The number of likely N-dealkylation sites (N-methyl/N-ethyl adjacent to an activating group) is 1. The van der Waals surface area contributed by atoms with Gasteiger partial charge in [-0.25, -0.2) is 12.8 Å². The number of benzene rings is 2. The summed E-state index contributed by atoms with van der Waals surface area (Å²) >= 11 is 0. The number of rotatable bonds is 12. The van der Waals surface area contributed by atoms with Gasteiger partial charge < -0.3 is 10.2 Å². The smallest absolute Gasteiger partial charge is 0.242 e. The van der Waals surface area contributed by atoms with Crippen molar-refractivity contribution in [2.24, 2.45) is 0 Å². The van der Waals surface area contributed by atoms with Crippen LogP contribution >= 0.6 is 0 Å². The molecular weight excluding hydrogens is 445 g/mol. The van der Waals surface area contributed by atoms with Gasteiger partial charge in [-0.1, -0.05) is 30.3 Å². The number of sulfonamides is 1. The zero-order valence-electron chi connectivity index (χ0n) is 19.3. The SMILES string of the molecule is CCNC(=O)C(C)N(CCc1ccccc1)C(=O)CCCN(c1ccc(F)cc1)S(C)(=O)=O. The van der Waals surface area contributed by atoms with Gasteiger partial charge in [0.05, 0.1) is 11.9 Å². The molecule has 0 bridgehead atoms. The predicted octanol–water partition coefficient (Wildman–Crippen LogP) is 2.97. The molecule has 0 fully saturated rings. The lowest BCUT2D eigenvalue weighted by Crippen LogP contribution is -2.48. The van der Waals surface area contributed by atoms with Crippen molar-refractivity contribution in [3.8, 4) is 0 Å². The molecule has 7 nitrogen and oxygen atoms in total. The van der Waals surface area contributed by atoms with Crippen molar-refractivity contribution in [3.63, 3.8) is 0 Å². The second-order valence-electron chi connectivity index (χ2n) is 7.81. The molecule has 33 heavy (non-hydrogen) atoms. The average Bonchev–Trinajstić information content (AvgIpc) is 2.77. The summed E-state index contributed by atoms with van der Waals surface area (Å²) in [7, 11) is -3.61. The first-order valence-electron chi connectivity index (χ1n) is 11.0. The van der Waals surface area contributed by atoms with Crippen LogP contribution in [0.15, 0.2) is 54.6 Å². The molecule has 0 spiro atoms.